The first-order valence-corrected chi connectivity index (χ1v) is 10.2. The van der Waals surface area contributed by atoms with E-state index in [1.165, 1.54) is 18.9 Å². The summed E-state index contributed by atoms with van der Waals surface area (Å²) < 4.78 is 13.7. The summed E-state index contributed by atoms with van der Waals surface area (Å²) >= 11 is 0. The van der Waals surface area contributed by atoms with Crippen LogP contribution in [0.3, 0.4) is 0 Å². The molecule has 0 unspecified atom stereocenters. The molecule has 3 heterocycles. The van der Waals surface area contributed by atoms with Gasteiger partial charge >= 0.3 is 6.03 Å². The van der Waals surface area contributed by atoms with Crippen LogP contribution < -0.4 is 15.1 Å². The van der Waals surface area contributed by atoms with E-state index in [9.17, 15) is 9.18 Å². The van der Waals surface area contributed by atoms with Crippen molar-refractivity contribution in [3.63, 3.8) is 0 Å². The Morgan fingerprint density at radius 2 is 1.52 bits per heavy atom. The third-order valence-corrected chi connectivity index (χ3v) is 5.75. The van der Waals surface area contributed by atoms with Crippen molar-refractivity contribution in [2.75, 3.05) is 54.4 Å². The third-order valence-electron chi connectivity index (χ3n) is 5.75. The summed E-state index contributed by atoms with van der Waals surface area (Å²) in [4.78, 5) is 18.5. The van der Waals surface area contributed by atoms with Crippen molar-refractivity contribution in [1.82, 2.24) is 15.1 Å². The molecular formula is C21H27FN6O. The van der Waals surface area contributed by atoms with Crippen LogP contribution >= 0.6 is 0 Å². The van der Waals surface area contributed by atoms with Crippen LogP contribution in [0.4, 0.5) is 26.5 Å². The number of para-hydroxylation sites is 1. The number of hydrogen-bond donors (Lipinski definition) is 1. The number of amides is 2. The lowest BCUT2D eigenvalue weighted by atomic mass is 9.99. The van der Waals surface area contributed by atoms with Gasteiger partial charge < -0.3 is 20.0 Å². The molecule has 2 saturated heterocycles. The molecule has 0 spiro atoms. The van der Waals surface area contributed by atoms with Crippen molar-refractivity contribution < 1.29 is 9.18 Å². The zero-order valence-electron chi connectivity index (χ0n) is 16.7. The number of aromatic nitrogens is 2. The molecule has 4 rings (SSSR count). The standard InChI is InChI=1S/C21H27FN6O/c1-16-8-10-26(11-9-16)19-6-7-20(25-24-19)27-12-14-28(15-13-27)21(29)23-18-5-3-2-4-17(18)22/h2-7,16H,8-15H2,1H3,(H,23,29). The highest BCUT2D eigenvalue weighted by Crippen LogP contribution is 2.22. The number of hydrogen-bond acceptors (Lipinski definition) is 5. The molecule has 2 amide bonds. The van der Waals surface area contributed by atoms with Gasteiger partial charge in [-0.25, -0.2) is 9.18 Å². The van der Waals surface area contributed by atoms with E-state index in [1.807, 2.05) is 12.1 Å². The summed E-state index contributed by atoms with van der Waals surface area (Å²) in [5, 5.41) is 11.5. The van der Waals surface area contributed by atoms with Crippen molar-refractivity contribution in [2.24, 2.45) is 5.92 Å². The fourth-order valence-corrected chi connectivity index (χ4v) is 3.79. The quantitative estimate of drug-likeness (QED) is 0.860. The van der Waals surface area contributed by atoms with Gasteiger partial charge in [0, 0.05) is 39.3 Å². The van der Waals surface area contributed by atoms with E-state index in [4.69, 9.17) is 0 Å². The Hall–Kier alpha value is -2.90. The molecule has 154 valence electrons. The largest absolute Gasteiger partial charge is 0.355 e. The molecule has 1 N–H and O–H groups in total. The number of benzene rings is 1. The smallest absolute Gasteiger partial charge is 0.322 e. The van der Waals surface area contributed by atoms with E-state index in [1.54, 1.807) is 23.1 Å². The van der Waals surface area contributed by atoms with Crippen LogP contribution in [0.15, 0.2) is 36.4 Å². The lowest BCUT2D eigenvalue weighted by Gasteiger charge is -2.35. The Balaban J connectivity index is 1.30. The van der Waals surface area contributed by atoms with Crippen molar-refractivity contribution in [3.05, 3.63) is 42.2 Å². The number of urea groups is 1. The fraction of sp³-hybridized carbons (Fsp3) is 0.476. The SMILES string of the molecule is CC1CCN(c2ccc(N3CCN(C(=O)Nc4ccccc4F)CC3)nn2)CC1. The van der Waals surface area contributed by atoms with Gasteiger partial charge in [0.25, 0.3) is 0 Å². The minimum atomic E-state index is -0.432. The van der Waals surface area contributed by atoms with E-state index in [2.05, 4.69) is 32.2 Å². The normalized spacial score (nSPS) is 18.1. The summed E-state index contributed by atoms with van der Waals surface area (Å²) in [6.45, 7) is 6.79. The highest BCUT2D eigenvalue weighted by molar-refractivity contribution is 5.89. The third kappa shape index (κ3) is 4.58. The first-order valence-electron chi connectivity index (χ1n) is 10.2. The van der Waals surface area contributed by atoms with Crippen LogP contribution in [0.25, 0.3) is 0 Å². The Bertz CT molecular complexity index is 829. The van der Waals surface area contributed by atoms with Crippen molar-refractivity contribution in [3.8, 4) is 0 Å². The molecule has 1 aromatic heterocycles. The number of halogens is 1. The topological polar surface area (TPSA) is 64.6 Å². The van der Waals surface area contributed by atoms with Crippen LogP contribution in [-0.4, -0.2) is 60.4 Å². The maximum absolute atomic E-state index is 13.7. The number of piperazine rings is 1. The summed E-state index contributed by atoms with van der Waals surface area (Å²) in [6, 6.07) is 9.95. The molecule has 7 nitrogen and oxygen atoms in total. The van der Waals surface area contributed by atoms with E-state index in [0.717, 1.165) is 30.6 Å². The number of carbonyl (C=O) groups excluding carboxylic acids is 1. The van der Waals surface area contributed by atoms with Gasteiger partial charge in [-0.3, -0.25) is 0 Å². The number of nitrogens with one attached hydrogen (secondary N) is 1. The maximum Gasteiger partial charge on any atom is 0.322 e. The second-order valence-electron chi connectivity index (χ2n) is 7.80. The molecule has 0 bridgehead atoms. The average molecular weight is 398 g/mol. The zero-order valence-corrected chi connectivity index (χ0v) is 16.7. The zero-order chi connectivity index (χ0) is 20.2. The minimum Gasteiger partial charge on any atom is -0.355 e. The summed E-state index contributed by atoms with van der Waals surface area (Å²) in [5.74, 6) is 2.11. The number of rotatable bonds is 3. The molecule has 0 radical (unpaired) electrons. The van der Waals surface area contributed by atoms with Gasteiger partial charge in [0.2, 0.25) is 0 Å². The first kappa shape index (κ1) is 19.4. The molecular weight excluding hydrogens is 371 g/mol. The predicted octanol–water partition coefficient (Wildman–Crippen LogP) is 3.21. The van der Waals surface area contributed by atoms with Gasteiger partial charge in [-0.05, 0) is 43.0 Å². The molecule has 2 aliphatic rings. The monoisotopic (exact) mass is 398 g/mol. The van der Waals surface area contributed by atoms with Crippen LogP contribution in [0.2, 0.25) is 0 Å². The van der Waals surface area contributed by atoms with Gasteiger partial charge in [-0.1, -0.05) is 19.1 Å². The van der Waals surface area contributed by atoms with E-state index >= 15 is 0 Å². The molecule has 0 aliphatic carbocycles. The summed E-state index contributed by atoms with van der Waals surface area (Å²) in [7, 11) is 0. The number of piperidine rings is 1. The molecule has 2 aliphatic heterocycles. The second-order valence-corrected chi connectivity index (χ2v) is 7.80. The second kappa shape index (κ2) is 8.63. The number of carbonyl (C=O) groups is 1. The molecule has 0 atom stereocenters. The summed E-state index contributed by atoms with van der Waals surface area (Å²) in [5.41, 5.74) is 0.202. The van der Waals surface area contributed by atoms with Crippen LogP contribution in [0.1, 0.15) is 19.8 Å². The first-order chi connectivity index (χ1) is 14.1. The Morgan fingerprint density at radius 1 is 0.931 bits per heavy atom. The lowest BCUT2D eigenvalue weighted by molar-refractivity contribution is 0.208. The van der Waals surface area contributed by atoms with Gasteiger partial charge in [-0.15, -0.1) is 10.2 Å². The van der Waals surface area contributed by atoms with Crippen molar-refractivity contribution >= 4 is 23.4 Å². The number of nitrogens with zero attached hydrogens (tertiary/aromatic N) is 5. The highest BCUT2D eigenvalue weighted by atomic mass is 19.1. The van der Waals surface area contributed by atoms with E-state index in [0.29, 0.717) is 26.2 Å². The van der Waals surface area contributed by atoms with Gasteiger partial charge in [0.1, 0.15) is 5.82 Å². The lowest BCUT2D eigenvalue weighted by Crippen LogP contribution is -2.50. The Morgan fingerprint density at radius 3 is 2.10 bits per heavy atom. The predicted molar refractivity (Wildman–Crippen MR) is 112 cm³/mol. The summed E-state index contributed by atoms with van der Waals surface area (Å²) in [6.07, 6.45) is 2.39. The van der Waals surface area contributed by atoms with Gasteiger partial charge in [0.15, 0.2) is 11.6 Å². The Labute approximate surface area is 170 Å². The maximum atomic E-state index is 13.7. The average Bonchev–Trinajstić information content (AvgIpc) is 2.76. The van der Waals surface area contributed by atoms with Crippen LogP contribution in [-0.2, 0) is 0 Å². The van der Waals surface area contributed by atoms with Crippen LogP contribution in [0.5, 0.6) is 0 Å². The van der Waals surface area contributed by atoms with Crippen molar-refractivity contribution in [1.29, 1.82) is 0 Å². The molecule has 2 fully saturated rings. The van der Waals surface area contributed by atoms with E-state index < -0.39 is 5.82 Å². The molecule has 29 heavy (non-hydrogen) atoms. The van der Waals surface area contributed by atoms with Crippen LogP contribution in [0, 0.1) is 11.7 Å². The Kier molecular flexibility index (Phi) is 5.78. The molecule has 1 aromatic carbocycles. The molecule has 0 saturated carbocycles. The number of anilines is 3. The highest BCUT2D eigenvalue weighted by Gasteiger charge is 2.23. The van der Waals surface area contributed by atoms with Crippen molar-refractivity contribution in [2.45, 2.75) is 19.8 Å². The molecule has 8 heteroatoms. The fourth-order valence-electron chi connectivity index (χ4n) is 3.79. The minimum absolute atomic E-state index is 0.202. The van der Waals surface area contributed by atoms with Gasteiger partial charge in [0.05, 0.1) is 5.69 Å². The van der Waals surface area contributed by atoms with Gasteiger partial charge in [-0.2, -0.15) is 0 Å². The molecule has 2 aromatic rings. The van der Waals surface area contributed by atoms with E-state index in [-0.39, 0.29) is 11.7 Å².